The largest absolute Gasteiger partial charge is 0.491 e. The second-order valence-corrected chi connectivity index (χ2v) is 5.32. The quantitative estimate of drug-likeness (QED) is 0.619. The predicted octanol–water partition coefficient (Wildman–Crippen LogP) is 3.16. The summed E-state index contributed by atoms with van der Waals surface area (Å²) in [5, 5.41) is 3.06. The van der Waals surface area contributed by atoms with E-state index < -0.39 is 0 Å². The van der Waals surface area contributed by atoms with E-state index in [4.69, 9.17) is 17.0 Å². The minimum atomic E-state index is -0.266. The van der Waals surface area contributed by atoms with E-state index in [0.717, 1.165) is 0 Å². The van der Waals surface area contributed by atoms with Crippen molar-refractivity contribution in [3.63, 3.8) is 0 Å². The number of ether oxygens (including phenoxy) is 1. The van der Waals surface area contributed by atoms with Crippen LogP contribution >= 0.6 is 12.2 Å². The number of hydrogen-bond acceptors (Lipinski definition) is 3. The summed E-state index contributed by atoms with van der Waals surface area (Å²) in [6.07, 6.45) is 3.49. The Morgan fingerprint density at radius 1 is 1.36 bits per heavy atom. The zero-order chi connectivity index (χ0) is 16.5. The van der Waals surface area contributed by atoms with Gasteiger partial charge in [-0.1, -0.05) is 18.2 Å². The minimum Gasteiger partial charge on any atom is -0.491 e. The van der Waals surface area contributed by atoms with Gasteiger partial charge in [-0.25, -0.2) is 0 Å². The molecule has 4 nitrogen and oxygen atoms in total. The van der Waals surface area contributed by atoms with E-state index in [1.54, 1.807) is 35.3 Å². The van der Waals surface area contributed by atoms with Crippen LogP contribution in [0.15, 0.2) is 49.6 Å². The molecule has 5 heteroatoms. The smallest absolute Gasteiger partial charge is 0.257 e. The average molecular weight is 318 g/mol. The molecule has 22 heavy (non-hydrogen) atoms. The maximum Gasteiger partial charge on any atom is 0.257 e. The van der Waals surface area contributed by atoms with Crippen LogP contribution < -0.4 is 10.1 Å². The first-order valence-electron chi connectivity index (χ1n) is 7.06. The van der Waals surface area contributed by atoms with Crippen molar-refractivity contribution >= 4 is 23.2 Å². The molecule has 118 valence electrons. The molecule has 1 amide bonds. The number of benzene rings is 1. The molecular formula is C17H22N2O2S. The van der Waals surface area contributed by atoms with Gasteiger partial charge < -0.3 is 9.64 Å². The Morgan fingerprint density at radius 3 is 2.55 bits per heavy atom. The van der Waals surface area contributed by atoms with Crippen LogP contribution in [0.5, 0.6) is 5.75 Å². The van der Waals surface area contributed by atoms with Crippen LogP contribution in [-0.4, -0.2) is 35.1 Å². The van der Waals surface area contributed by atoms with E-state index in [1.165, 1.54) is 0 Å². The van der Waals surface area contributed by atoms with Gasteiger partial charge in [-0.3, -0.25) is 10.1 Å². The van der Waals surface area contributed by atoms with Gasteiger partial charge in [0.15, 0.2) is 5.11 Å². The maximum absolute atomic E-state index is 12.3. The van der Waals surface area contributed by atoms with Crippen LogP contribution in [0.3, 0.4) is 0 Å². The van der Waals surface area contributed by atoms with Crippen molar-refractivity contribution in [2.75, 3.05) is 13.1 Å². The molecule has 1 rings (SSSR count). The highest BCUT2D eigenvalue weighted by molar-refractivity contribution is 7.80. The topological polar surface area (TPSA) is 41.6 Å². The number of thiocarbonyl (C=S) groups is 1. The lowest BCUT2D eigenvalue weighted by molar-refractivity contribution is 0.0973. The molecule has 0 saturated carbocycles. The molecule has 1 aromatic rings. The van der Waals surface area contributed by atoms with Crippen molar-refractivity contribution in [1.82, 2.24) is 10.2 Å². The fraction of sp³-hybridized carbons (Fsp3) is 0.294. The monoisotopic (exact) mass is 318 g/mol. The molecule has 1 N–H and O–H groups in total. The summed E-state index contributed by atoms with van der Waals surface area (Å²) in [7, 11) is 0. The maximum atomic E-state index is 12.3. The standard InChI is InChI=1S/C17H22N2O2S/c1-5-10-19(11-6-2)17(22)18-16(20)14-8-7-9-15(12-14)21-13(3)4/h5-9,12-13H,1-2,10-11H2,3-4H3,(H,18,20,22). The van der Waals surface area contributed by atoms with Gasteiger partial charge in [0.05, 0.1) is 6.10 Å². The first-order valence-corrected chi connectivity index (χ1v) is 7.47. The van der Waals surface area contributed by atoms with Crippen molar-refractivity contribution in [3.05, 3.63) is 55.1 Å². The van der Waals surface area contributed by atoms with E-state index in [1.807, 2.05) is 19.9 Å². The zero-order valence-corrected chi connectivity index (χ0v) is 13.9. The normalized spacial score (nSPS) is 9.95. The molecule has 0 heterocycles. The molecule has 0 aliphatic heterocycles. The van der Waals surface area contributed by atoms with Crippen LogP contribution in [0.4, 0.5) is 0 Å². The van der Waals surface area contributed by atoms with Crippen LogP contribution in [0.25, 0.3) is 0 Å². The summed E-state index contributed by atoms with van der Waals surface area (Å²) in [6, 6.07) is 7.01. The number of nitrogens with one attached hydrogen (secondary N) is 1. The Morgan fingerprint density at radius 2 is 2.00 bits per heavy atom. The molecule has 0 atom stereocenters. The molecule has 0 fully saturated rings. The van der Waals surface area contributed by atoms with Crippen molar-refractivity contribution in [3.8, 4) is 5.75 Å². The third kappa shape index (κ3) is 5.69. The molecule has 0 unspecified atom stereocenters. The van der Waals surface area contributed by atoms with Gasteiger partial charge in [0.25, 0.3) is 5.91 Å². The van der Waals surface area contributed by atoms with Gasteiger partial charge in [-0.2, -0.15) is 0 Å². The minimum absolute atomic E-state index is 0.0510. The predicted molar refractivity (Wildman–Crippen MR) is 94.2 cm³/mol. The zero-order valence-electron chi connectivity index (χ0n) is 13.0. The molecule has 0 aliphatic carbocycles. The van der Waals surface area contributed by atoms with Crippen LogP contribution in [0, 0.1) is 0 Å². The third-order valence-electron chi connectivity index (χ3n) is 2.67. The summed E-state index contributed by atoms with van der Waals surface area (Å²) in [5.74, 6) is 0.389. The number of carbonyl (C=O) groups is 1. The van der Waals surface area contributed by atoms with E-state index in [2.05, 4.69) is 18.5 Å². The molecule has 0 aliphatic rings. The average Bonchev–Trinajstić information content (AvgIpc) is 2.46. The fourth-order valence-electron chi connectivity index (χ4n) is 1.78. The van der Waals surface area contributed by atoms with Gasteiger partial charge >= 0.3 is 0 Å². The highest BCUT2D eigenvalue weighted by atomic mass is 32.1. The van der Waals surface area contributed by atoms with Crippen molar-refractivity contribution < 1.29 is 9.53 Å². The van der Waals surface area contributed by atoms with Crippen LogP contribution in [-0.2, 0) is 0 Å². The van der Waals surface area contributed by atoms with Gasteiger partial charge in [-0.05, 0) is 44.3 Å². The lowest BCUT2D eigenvalue weighted by atomic mass is 10.2. The number of hydrogen-bond donors (Lipinski definition) is 1. The molecule has 0 bridgehead atoms. The number of carbonyl (C=O) groups excluding carboxylic acids is 1. The molecule has 0 aromatic heterocycles. The van der Waals surface area contributed by atoms with E-state index in [9.17, 15) is 4.79 Å². The Hall–Kier alpha value is -2.14. The van der Waals surface area contributed by atoms with Crippen molar-refractivity contribution in [2.24, 2.45) is 0 Å². The second-order valence-electron chi connectivity index (χ2n) is 4.94. The molecular weight excluding hydrogens is 296 g/mol. The molecule has 0 saturated heterocycles. The van der Waals surface area contributed by atoms with Gasteiger partial charge in [0.1, 0.15) is 5.75 Å². The first kappa shape index (κ1) is 17.9. The van der Waals surface area contributed by atoms with E-state index in [-0.39, 0.29) is 12.0 Å². The summed E-state index contributed by atoms with van der Waals surface area (Å²) in [4.78, 5) is 14.1. The lowest BCUT2D eigenvalue weighted by Crippen LogP contribution is -2.42. The van der Waals surface area contributed by atoms with E-state index in [0.29, 0.717) is 29.5 Å². The van der Waals surface area contributed by atoms with Crippen LogP contribution in [0.1, 0.15) is 24.2 Å². The Kier molecular flexibility index (Phi) is 7.32. The first-order chi connectivity index (χ1) is 10.5. The Labute approximate surface area is 137 Å². The molecule has 0 radical (unpaired) electrons. The number of amides is 1. The SMILES string of the molecule is C=CCN(CC=C)C(=S)NC(=O)c1cccc(OC(C)C)c1. The summed E-state index contributed by atoms with van der Waals surface area (Å²) >= 11 is 5.25. The van der Waals surface area contributed by atoms with Crippen molar-refractivity contribution in [2.45, 2.75) is 20.0 Å². The van der Waals surface area contributed by atoms with E-state index >= 15 is 0 Å². The highest BCUT2D eigenvalue weighted by Crippen LogP contribution is 2.15. The van der Waals surface area contributed by atoms with Gasteiger partial charge in [0.2, 0.25) is 0 Å². The molecule has 1 aromatic carbocycles. The fourth-order valence-corrected chi connectivity index (χ4v) is 2.02. The van der Waals surface area contributed by atoms with Gasteiger partial charge in [0, 0.05) is 18.7 Å². The van der Waals surface area contributed by atoms with Crippen LogP contribution in [0.2, 0.25) is 0 Å². The number of rotatable bonds is 7. The molecule has 0 spiro atoms. The summed E-state index contributed by atoms with van der Waals surface area (Å²) < 4.78 is 5.58. The highest BCUT2D eigenvalue weighted by Gasteiger charge is 2.13. The lowest BCUT2D eigenvalue weighted by Gasteiger charge is -2.22. The Bertz CT molecular complexity index is 545. The third-order valence-corrected chi connectivity index (χ3v) is 3.03. The second kappa shape index (κ2) is 9.00. The van der Waals surface area contributed by atoms with Crippen molar-refractivity contribution in [1.29, 1.82) is 0 Å². The number of nitrogens with zero attached hydrogens (tertiary/aromatic N) is 1. The van der Waals surface area contributed by atoms with Gasteiger partial charge in [-0.15, -0.1) is 13.2 Å². The summed E-state index contributed by atoms with van der Waals surface area (Å²) in [6.45, 7) is 12.3. The Balaban J connectivity index is 2.77. The summed E-state index contributed by atoms with van der Waals surface area (Å²) in [5.41, 5.74) is 0.498.